The Morgan fingerprint density at radius 1 is 1.29 bits per heavy atom. The van der Waals surface area contributed by atoms with Crippen LogP contribution in [0.3, 0.4) is 0 Å². The molecule has 0 unspecified atom stereocenters. The van der Waals surface area contributed by atoms with E-state index in [1.165, 1.54) is 12.8 Å². The van der Waals surface area contributed by atoms with Gasteiger partial charge in [0.1, 0.15) is 11.6 Å². The van der Waals surface area contributed by atoms with Crippen molar-refractivity contribution in [2.75, 3.05) is 23.3 Å². The number of pyridine rings is 1. The second-order valence-electron chi connectivity index (χ2n) is 5.23. The third kappa shape index (κ3) is 3.62. The molecule has 0 saturated carbocycles. The molecule has 0 bridgehead atoms. The summed E-state index contributed by atoms with van der Waals surface area (Å²) in [6, 6.07) is 7.58. The maximum Gasteiger partial charge on any atom is 0.224 e. The number of aryl methyl sites for hydroxylation is 1. The first-order valence-corrected chi connectivity index (χ1v) is 7.34. The van der Waals surface area contributed by atoms with Gasteiger partial charge in [0.2, 0.25) is 5.91 Å². The van der Waals surface area contributed by atoms with E-state index in [-0.39, 0.29) is 5.91 Å². The number of carbonyl (C=O) groups is 1. The van der Waals surface area contributed by atoms with Gasteiger partial charge in [0.25, 0.3) is 0 Å². The Labute approximate surface area is 124 Å². The van der Waals surface area contributed by atoms with Gasteiger partial charge < -0.3 is 14.6 Å². The third-order valence-corrected chi connectivity index (χ3v) is 3.64. The van der Waals surface area contributed by atoms with Crippen molar-refractivity contribution in [2.24, 2.45) is 0 Å². The van der Waals surface area contributed by atoms with Crippen LogP contribution in [0.2, 0.25) is 0 Å². The van der Waals surface area contributed by atoms with Crippen molar-refractivity contribution >= 4 is 17.4 Å². The molecule has 3 heterocycles. The largest absolute Gasteiger partial charge is 0.469 e. The average molecular weight is 285 g/mol. The van der Waals surface area contributed by atoms with Gasteiger partial charge in [0.15, 0.2) is 0 Å². The van der Waals surface area contributed by atoms with E-state index in [2.05, 4.69) is 15.2 Å². The van der Waals surface area contributed by atoms with Crippen LogP contribution in [0.25, 0.3) is 0 Å². The number of rotatable bonds is 5. The number of hydrogen-bond donors (Lipinski definition) is 1. The molecular formula is C16H19N3O2. The average Bonchev–Trinajstić information content (AvgIpc) is 3.19. The Bertz CT molecular complexity index is 572. The SMILES string of the molecule is O=C(CCc1ccco1)Nc1ccc(N2CCCC2)nc1. The number of carbonyl (C=O) groups excluding carboxylic acids is 1. The quantitative estimate of drug-likeness (QED) is 0.917. The van der Waals surface area contributed by atoms with E-state index in [0.29, 0.717) is 12.8 Å². The first-order chi connectivity index (χ1) is 10.3. The highest BCUT2D eigenvalue weighted by Crippen LogP contribution is 2.19. The second kappa shape index (κ2) is 6.43. The zero-order valence-electron chi connectivity index (χ0n) is 11.9. The number of amides is 1. The zero-order valence-corrected chi connectivity index (χ0v) is 11.9. The monoisotopic (exact) mass is 285 g/mol. The van der Waals surface area contributed by atoms with Crippen LogP contribution in [0.4, 0.5) is 11.5 Å². The fourth-order valence-corrected chi connectivity index (χ4v) is 2.51. The van der Waals surface area contributed by atoms with Gasteiger partial charge in [-0.3, -0.25) is 4.79 Å². The molecule has 1 N–H and O–H groups in total. The molecule has 0 spiro atoms. The van der Waals surface area contributed by atoms with Crippen LogP contribution < -0.4 is 10.2 Å². The van der Waals surface area contributed by atoms with Crippen LogP contribution in [0.1, 0.15) is 25.0 Å². The Hall–Kier alpha value is -2.30. The first kappa shape index (κ1) is 13.7. The topological polar surface area (TPSA) is 58.4 Å². The Morgan fingerprint density at radius 2 is 2.14 bits per heavy atom. The van der Waals surface area contributed by atoms with E-state index in [4.69, 9.17) is 4.42 Å². The maximum atomic E-state index is 11.9. The molecule has 1 amide bonds. The molecule has 1 aliphatic rings. The van der Waals surface area contributed by atoms with Gasteiger partial charge in [-0.25, -0.2) is 4.98 Å². The Kier molecular flexibility index (Phi) is 4.19. The minimum atomic E-state index is -0.0258. The van der Waals surface area contributed by atoms with Gasteiger partial charge in [-0.15, -0.1) is 0 Å². The molecule has 0 radical (unpaired) electrons. The molecule has 110 valence electrons. The lowest BCUT2D eigenvalue weighted by Gasteiger charge is -2.16. The predicted octanol–water partition coefficient (Wildman–Crippen LogP) is 2.85. The molecule has 1 fully saturated rings. The van der Waals surface area contributed by atoms with Crippen LogP contribution in [0.5, 0.6) is 0 Å². The molecule has 1 aliphatic heterocycles. The number of nitrogens with zero attached hydrogens (tertiary/aromatic N) is 2. The number of furan rings is 1. The lowest BCUT2D eigenvalue weighted by molar-refractivity contribution is -0.116. The summed E-state index contributed by atoms with van der Waals surface area (Å²) < 4.78 is 5.21. The van der Waals surface area contributed by atoms with Crippen LogP contribution >= 0.6 is 0 Å². The minimum Gasteiger partial charge on any atom is -0.469 e. The summed E-state index contributed by atoms with van der Waals surface area (Å²) >= 11 is 0. The molecule has 1 saturated heterocycles. The van der Waals surface area contributed by atoms with Gasteiger partial charge in [0, 0.05) is 25.9 Å². The van der Waals surface area contributed by atoms with E-state index < -0.39 is 0 Å². The number of hydrogen-bond acceptors (Lipinski definition) is 4. The Morgan fingerprint density at radius 3 is 2.81 bits per heavy atom. The standard InChI is InChI=1S/C16H19N3O2/c20-16(8-6-14-4-3-11-21-14)18-13-5-7-15(17-12-13)19-9-1-2-10-19/h3-5,7,11-12H,1-2,6,8-10H2,(H,18,20). The second-order valence-corrected chi connectivity index (χ2v) is 5.23. The normalized spacial score (nSPS) is 14.4. The van der Waals surface area contributed by atoms with Gasteiger partial charge in [0.05, 0.1) is 18.1 Å². The van der Waals surface area contributed by atoms with Gasteiger partial charge in [-0.1, -0.05) is 0 Å². The van der Waals surface area contributed by atoms with Crippen molar-refractivity contribution in [1.29, 1.82) is 0 Å². The first-order valence-electron chi connectivity index (χ1n) is 7.34. The summed E-state index contributed by atoms with van der Waals surface area (Å²) in [6.07, 6.45) is 6.81. The lowest BCUT2D eigenvalue weighted by atomic mass is 10.2. The maximum absolute atomic E-state index is 11.9. The molecular weight excluding hydrogens is 266 g/mol. The highest BCUT2D eigenvalue weighted by molar-refractivity contribution is 5.90. The number of anilines is 2. The summed E-state index contributed by atoms with van der Waals surface area (Å²) in [5.74, 6) is 1.79. The summed E-state index contributed by atoms with van der Waals surface area (Å²) in [5, 5.41) is 2.86. The van der Waals surface area contributed by atoms with E-state index in [9.17, 15) is 4.79 Å². The fraction of sp³-hybridized carbons (Fsp3) is 0.375. The van der Waals surface area contributed by atoms with E-state index >= 15 is 0 Å². The van der Waals surface area contributed by atoms with Crippen molar-refractivity contribution in [1.82, 2.24) is 4.98 Å². The molecule has 0 atom stereocenters. The number of aromatic nitrogens is 1. The molecule has 21 heavy (non-hydrogen) atoms. The van der Waals surface area contributed by atoms with E-state index in [1.807, 2.05) is 24.3 Å². The molecule has 3 rings (SSSR count). The van der Waals surface area contributed by atoms with Gasteiger partial charge in [-0.05, 0) is 37.1 Å². The Balaban J connectivity index is 1.51. The van der Waals surface area contributed by atoms with E-state index in [1.54, 1.807) is 12.5 Å². The molecule has 0 aromatic carbocycles. The van der Waals surface area contributed by atoms with Crippen molar-refractivity contribution in [3.63, 3.8) is 0 Å². The van der Waals surface area contributed by atoms with E-state index in [0.717, 1.165) is 30.4 Å². The van der Waals surface area contributed by atoms with Crippen molar-refractivity contribution in [3.05, 3.63) is 42.5 Å². The van der Waals surface area contributed by atoms with Gasteiger partial charge >= 0.3 is 0 Å². The van der Waals surface area contributed by atoms with Crippen molar-refractivity contribution in [3.8, 4) is 0 Å². The molecule has 5 heteroatoms. The summed E-state index contributed by atoms with van der Waals surface area (Å²) in [6.45, 7) is 2.14. The third-order valence-electron chi connectivity index (χ3n) is 3.64. The van der Waals surface area contributed by atoms with Gasteiger partial charge in [-0.2, -0.15) is 0 Å². The summed E-state index contributed by atoms with van der Waals surface area (Å²) in [4.78, 5) is 18.5. The zero-order chi connectivity index (χ0) is 14.5. The highest BCUT2D eigenvalue weighted by Gasteiger charge is 2.13. The van der Waals surface area contributed by atoms with Crippen molar-refractivity contribution < 1.29 is 9.21 Å². The molecule has 2 aromatic heterocycles. The van der Waals surface area contributed by atoms with Crippen LogP contribution in [0.15, 0.2) is 41.1 Å². The fourth-order valence-electron chi connectivity index (χ4n) is 2.51. The molecule has 5 nitrogen and oxygen atoms in total. The van der Waals surface area contributed by atoms with Crippen LogP contribution in [0, 0.1) is 0 Å². The van der Waals surface area contributed by atoms with Crippen molar-refractivity contribution in [2.45, 2.75) is 25.7 Å². The molecule has 0 aliphatic carbocycles. The smallest absolute Gasteiger partial charge is 0.224 e. The highest BCUT2D eigenvalue weighted by atomic mass is 16.3. The number of nitrogens with one attached hydrogen (secondary N) is 1. The summed E-state index contributed by atoms with van der Waals surface area (Å²) in [5.41, 5.74) is 0.738. The minimum absolute atomic E-state index is 0.0258. The van der Waals surface area contributed by atoms with Crippen LogP contribution in [-0.2, 0) is 11.2 Å². The lowest BCUT2D eigenvalue weighted by Crippen LogP contribution is -2.19. The summed E-state index contributed by atoms with van der Waals surface area (Å²) in [7, 11) is 0. The van der Waals surface area contributed by atoms with Crippen LogP contribution in [-0.4, -0.2) is 24.0 Å². The predicted molar refractivity (Wildman–Crippen MR) is 81.3 cm³/mol. The molecule has 2 aromatic rings.